The van der Waals surface area contributed by atoms with Crippen LogP contribution < -0.4 is 5.30 Å². The van der Waals surface area contributed by atoms with E-state index >= 15 is 0 Å². The van der Waals surface area contributed by atoms with Crippen LogP contribution in [0.15, 0.2) is 6.20 Å². The van der Waals surface area contributed by atoms with Gasteiger partial charge in [-0.25, -0.2) is 9.97 Å². The average molecular weight is 191 g/mol. The lowest BCUT2D eigenvalue weighted by Crippen LogP contribution is -2.01. The first kappa shape index (κ1) is 10.8. The van der Waals surface area contributed by atoms with Crippen LogP contribution in [0.4, 0.5) is 0 Å². The van der Waals surface area contributed by atoms with Gasteiger partial charge in [0.05, 0.1) is 0 Å². The molecule has 0 aliphatic heterocycles. The fourth-order valence-electron chi connectivity index (χ4n) is 0.448. The van der Waals surface area contributed by atoms with Crippen molar-refractivity contribution >= 4 is 26.1 Å². The molecule has 0 aliphatic rings. The molecular formula is C7H12ClN2P. The van der Waals surface area contributed by atoms with Crippen LogP contribution in [0, 0.1) is 6.92 Å². The Labute approximate surface area is 74.6 Å². The van der Waals surface area contributed by atoms with E-state index in [0.29, 0.717) is 5.28 Å². The molecule has 2 nitrogen and oxygen atoms in total. The molecule has 1 aromatic rings. The average Bonchev–Trinajstić information content (AvgIpc) is 2.02. The second kappa shape index (κ2) is 5.45. The van der Waals surface area contributed by atoms with Gasteiger partial charge in [-0.05, 0) is 18.5 Å². The van der Waals surface area contributed by atoms with Gasteiger partial charge in [0.25, 0.3) is 0 Å². The van der Waals surface area contributed by atoms with Crippen molar-refractivity contribution in [2.75, 3.05) is 0 Å². The fraction of sp³-hybridized carbons (Fsp3) is 0.429. The maximum Gasteiger partial charge on any atom is 0.222 e. The minimum atomic E-state index is 0.304. The second-order valence-electron chi connectivity index (χ2n) is 1.68. The predicted octanol–water partition coefficient (Wildman–Crippen LogP) is 1.97. The van der Waals surface area contributed by atoms with Crippen molar-refractivity contribution in [3.63, 3.8) is 0 Å². The van der Waals surface area contributed by atoms with Gasteiger partial charge >= 0.3 is 0 Å². The molecule has 11 heavy (non-hydrogen) atoms. The molecule has 0 N–H and O–H groups in total. The number of nitrogens with zero attached hydrogens (tertiary/aromatic N) is 2. The minimum Gasteiger partial charge on any atom is -0.226 e. The zero-order chi connectivity index (χ0) is 8.85. The lowest BCUT2D eigenvalue weighted by atomic mass is 10.5. The Morgan fingerprint density at radius 1 is 1.45 bits per heavy atom. The second-order valence-corrected chi connectivity index (χ2v) is 2.64. The Morgan fingerprint density at radius 3 is 2.36 bits per heavy atom. The van der Waals surface area contributed by atoms with Gasteiger partial charge in [0, 0.05) is 17.2 Å². The van der Waals surface area contributed by atoms with Gasteiger partial charge in [-0.15, -0.1) is 9.24 Å². The van der Waals surface area contributed by atoms with Crippen molar-refractivity contribution in [2.24, 2.45) is 0 Å². The zero-order valence-corrected chi connectivity index (χ0v) is 8.84. The first-order valence-corrected chi connectivity index (χ1v) is 4.40. The van der Waals surface area contributed by atoms with E-state index in [1.54, 1.807) is 6.20 Å². The first-order valence-electron chi connectivity index (χ1n) is 3.45. The summed E-state index contributed by atoms with van der Waals surface area (Å²) in [6, 6.07) is 0. The van der Waals surface area contributed by atoms with E-state index in [2.05, 4.69) is 19.2 Å². The van der Waals surface area contributed by atoms with Gasteiger partial charge in [-0.1, -0.05) is 13.8 Å². The molecule has 0 amide bonds. The molecule has 0 radical (unpaired) electrons. The van der Waals surface area contributed by atoms with E-state index in [9.17, 15) is 0 Å². The lowest BCUT2D eigenvalue weighted by Gasteiger charge is -1.94. The highest BCUT2D eigenvalue weighted by Crippen LogP contribution is 1.99. The summed E-state index contributed by atoms with van der Waals surface area (Å²) in [5, 5.41) is 1.29. The van der Waals surface area contributed by atoms with Crippen molar-refractivity contribution in [2.45, 2.75) is 20.8 Å². The normalized spacial score (nSPS) is 8.45. The maximum absolute atomic E-state index is 5.49. The molecule has 0 saturated carbocycles. The topological polar surface area (TPSA) is 25.8 Å². The molecule has 0 aromatic carbocycles. The summed E-state index contributed by atoms with van der Waals surface area (Å²) in [6.45, 7) is 5.88. The van der Waals surface area contributed by atoms with E-state index in [4.69, 9.17) is 11.6 Å². The maximum atomic E-state index is 5.49. The number of halogens is 1. The van der Waals surface area contributed by atoms with E-state index in [0.717, 1.165) is 11.0 Å². The number of aryl methyl sites for hydroxylation is 1. The zero-order valence-electron chi connectivity index (χ0n) is 6.93. The SMILES string of the molecule is CC.Cc1nc(Cl)ncc1P. The van der Waals surface area contributed by atoms with Crippen molar-refractivity contribution in [3.05, 3.63) is 17.2 Å². The molecular weight excluding hydrogens is 179 g/mol. The predicted molar refractivity (Wildman–Crippen MR) is 52.5 cm³/mol. The molecule has 0 bridgehead atoms. The number of rotatable bonds is 0. The smallest absolute Gasteiger partial charge is 0.222 e. The lowest BCUT2D eigenvalue weighted by molar-refractivity contribution is 1.12. The standard InChI is InChI=1S/C5H6ClN2P.C2H6/c1-3-4(9)2-7-5(6)8-3;1-2/h2H,9H2,1H3;1-2H3. The molecule has 0 fully saturated rings. The summed E-state index contributed by atoms with van der Waals surface area (Å²) in [7, 11) is 2.53. The Hall–Kier alpha value is -0.200. The van der Waals surface area contributed by atoms with Crippen LogP contribution in [0.25, 0.3) is 0 Å². The van der Waals surface area contributed by atoms with Crippen molar-refractivity contribution in [1.82, 2.24) is 9.97 Å². The largest absolute Gasteiger partial charge is 0.226 e. The van der Waals surface area contributed by atoms with E-state index in [-0.39, 0.29) is 0 Å². The summed E-state index contributed by atoms with van der Waals surface area (Å²) in [5.74, 6) is 0. The first-order chi connectivity index (χ1) is 5.20. The molecule has 4 heteroatoms. The molecule has 1 heterocycles. The summed E-state index contributed by atoms with van der Waals surface area (Å²) in [5.41, 5.74) is 0.903. The molecule has 0 spiro atoms. The molecule has 1 aromatic heterocycles. The molecule has 1 rings (SSSR count). The van der Waals surface area contributed by atoms with Crippen molar-refractivity contribution in [3.8, 4) is 0 Å². The Kier molecular flexibility index (Phi) is 5.35. The van der Waals surface area contributed by atoms with Gasteiger partial charge in [-0.2, -0.15) is 0 Å². The van der Waals surface area contributed by atoms with Crippen LogP contribution in [0.3, 0.4) is 0 Å². The third-order valence-electron chi connectivity index (χ3n) is 0.988. The van der Waals surface area contributed by atoms with Crippen LogP contribution >= 0.6 is 20.8 Å². The number of hydrogen-bond acceptors (Lipinski definition) is 2. The molecule has 0 saturated heterocycles. The van der Waals surface area contributed by atoms with Crippen molar-refractivity contribution < 1.29 is 0 Å². The molecule has 62 valence electrons. The summed E-state index contributed by atoms with van der Waals surface area (Å²) in [6.07, 6.45) is 1.68. The van der Waals surface area contributed by atoms with Crippen LogP contribution in [0.1, 0.15) is 19.5 Å². The quantitative estimate of drug-likeness (QED) is 0.462. The highest BCUT2D eigenvalue weighted by Gasteiger charge is 1.93. The van der Waals surface area contributed by atoms with Gasteiger partial charge in [0.15, 0.2) is 0 Å². The van der Waals surface area contributed by atoms with Crippen LogP contribution in [0.2, 0.25) is 5.28 Å². The van der Waals surface area contributed by atoms with E-state index in [1.165, 1.54) is 0 Å². The Balaban J connectivity index is 0.000000461. The highest BCUT2D eigenvalue weighted by molar-refractivity contribution is 7.27. The Morgan fingerprint density at radius 2 is 2.00 bits per heavy atom. The van der Waals surface area contributed by atoms with Gasteiger partial charge < -0.3 is 0 Å². The van der Waals surface area contributed by atoms with Gasteiger partial charge in [0.2, 0.25) is 5.28 Å². The monoisotopic (exact) mass is 190 g/mol. The summed E-state index contributed by atoms with van der Waals surface area (Å²) in [4.78, 5) is 7.68. The van der Waals surface area contributed by atoms with Gasteiger partial charge in [0.1, 0.15) is 0 Å². The Bertz CT molecular complexity index is 228. The number of hydrogen-bond donors (Lipinski definition) is 0. The van der Waals surface area contributed by atoms with Crippen molar-refractivity contribution in [1.29, 1.82) is 0 Å². The van der Waals surface area contributed by atoms with Crippen LogP contribution in [-0.2, 0) is 0 Å². The third kappa shape index (κ3) is 3.64. The third-order valence-corrected chi connectivity index (χ3v) is 1.74. The fourth-order valence-corrected chi connectivity index (χ4v) is 0.763. The highest BCUT2D eigenvalue weighted by atomic mass is 35.5. The number of aromatic nitrogens is 2. The minimum absolute atomic E-state index is 0.304. The van der Waals surface area contributed by atoms with E-state index in [1.807, 2.05) is 20.8 Å². The summed E-state index contributed by atoms with van der Waals surface area (Å²) >= 11 is 5.49. The van der Waals surface area contributed by atoms with E-state index < -0.39 is 0 Å². The van der Waals surface area contributed by atoms with Gasteiger partial charge in [-0.3, -0.25) is 0 Å². The van der Waals surface area contributed by atoms with Crippen LogP contribution in [-0.4, -0.2) is 9.97 Å². The van der Waals surface area contributed by atoms with Crippen LogP contribution in [0.5, 0.6) is 0 Å². The summed E-state index contributed by atoms with van der Waals surface area (Å²) < 4.78 is 0. The molecule has 1 unspecified atom stereocenters. The molecule has 0 aliphatic carbocycles. The molecule has 1 atom stereocenters.